The van der Waals surface area contributed by atoms with Gasteiger partial charge in [-0.15, -0.1) is 0 Å². The van der Waals surface area contributed by atoms with E-state index >= 15 is 0 Å². The summed E-state index contributed by atoms with van der Waals surface area (Å²) in [6.45, 7) is 5.67. The Balaban J connectivity index is 1.20. The fourth-order valence-corrected chi connectivity index (χ4v) is 4.34. The second kappa shape index (κ2) is 9.56. The minimum atomic E-state index is -0.258. The maximum Gasteiger partial charge on any atom is 0.163 e. The number of ketones is 1. The fourth-order valence-electron chi connectivity index (χ4n) is 4.34. The van der Waals surface area contributed by atoms with Gasteiger partial charge in [-0.1, -0.05) is 0 Å². The Morgan fingerprint density at radius 2 is 2.00 bits per heavy atom. The molecule has 0 aromatic heterocycles. The van der Waals surface area contributed by atoms with Crippen LogP contribution in [0.1, 0.15) is 36.5 Å². The number of piperidine rings is 1. The highest BCUT2D eigenvalue weighted by molar-refractivity contribution is 5.97. The lowest BCUT2D eigenvalue weighted by Gasteiger charge is -2.36. The number of ether oxygens (including phenoxy) is 3. The zero-order valence-electron chi connectivity index (χ0n) is 18.1. The van der Waals surface area contributed by atoms with E-state index in [0.717, 1.165) is 44.6 Å². The molecule has 2 aromatic rings. The molecule has 7 heteroatoms. The zero-order chi connectivity index (χ0) is 21.8. The number of methoxy groups -OCH3 is 1. The Bertz CT molecular complexity index is 928. The van der Waals surface area contributed by atoms with Crippen molar-refractivity contribution in [1.82, 2.24) is 4.90 Å². The normalized spacial score (nSPS) is 16.7. The molecule has 2 aliphatic rings. The first kappa shape index (κ1) is 21.4. The molecular weight excluding hydrogens is 399 g/mol. The van der Waals surface area contributed by atoms with Gasteiger partial charge in [0, 0.05) is 37.8 Å². The van der Waals surface area contributed by atoms with E-state index in [2.05, 4.69) is 9.80 Å². The van der Waals surface area contributed by atoms with E-state index in [-0.39, 0.29) is 11.6 Å². The van der Waals surface area contributed by atoms with E-state index in [4.69, 9.17) is 14.2 Å². The second-order valence-corrected chi connectivity index (χ2v) is 8.05. The number of Topliss-reactive ketones (excluding diaryl/α,β-unsaturated/α-hetero) is 1. The first-order chi connectivity index (χ1) is 15.0. The molecule has 2 aliphatic heterocycles. The predicted molar refractivity (Wildman–Crippen MR) is 117 cm³/mol. The molecule has 0 unspecified atom stereocenters. The van der Waals surface area contributed by atoms with Crippen molar-refractivity contribution in [1.29, 1.82) is 0 Å². The SMILES string of the molecule is COc1cc(OCCCN2CCC(N3COc4cc(F)ccc43)CC2)ccc1C(C)=O. The third-order valence-corrected chi connectivity index (χ3v) is 6.03. The van der Waals surface area contributed by atoms with Crippen LogP contribution in [-0.4, -0.2) is 56.8 Å². The third kappa shape index (κ3) is 4.93. The quantitative estimate of drug-likeness (QED) is 0.466. The molecule has 0 saturated carbocycles. The molecule has 0 bridgehead atoms. The number of nitrogens with zero attached hydrogens (tertiary/aromatic N) is 2. The van der Waals surface area contributed by atoms with Crippen molar-refractivity contribution in [2.24, 2.45) is 0 Å². The molecule has 2 heterocycles. The first-order valence-electron chi connectivity index (χ1n) is 10.8. The van der Waals surface area contributed by atoms with Crippen LogP contribution in [0.5, 0.6) is 17.2 Å². The van der Waals surface area contributed by atoms with Gasteiger partial charge in [-0.25, -0.2) is 4.39 Å². The average molecular weight is 429 g/mol. The summed E-state index contributed by atoms with van der Waals surface area (Å²) in [6.07, 6.45) is 3.05. The number of carbonyl (C=O) groups is 1. The molecule has 166 valence electrons. The van der Waals surface area contributed by atoms with Crippen LogP contribution in [-0.2, 0) is 0 Å². The molecule has 4 rings (SSSR count). The van der Waals surface area contributed by atoms with Gasteiger partial charge in [-0.2, -0.15) is 0 Å². The van der Waals surface area contributed by atoms with E-state index < -0.39 is 0 Å². The lowest BCUT2D eigenvalue weighted by Crippen LogP contribution is -2.45. The van der Waals surface area contributed by atoms with Crippen molar-refractivity contribution >= 4 is 11.5 Å². The molecule has 0 radical (unpaired) electrons. The number of carbonyl (C=O) groups excluding carboxylic acids is 1. The maximum atomic E-state index is 13.4. The van der Waals surface area contributed by atoms with Crippen molar-refractivity contribution in [3.8, 4) is 17.2 Å². The molecule has 0 atom stereocenters. The number of likely N-dealkylation sites (tertiary alicyclic amines) is 1. The van der Waals surface area contributed by atoms with Gasteiger partial charge in [0.1, 0.15) is 23.1 Å². The summed E-state index contributed by atoms with van der Waals surface area (Å²) in [5.74, 6) is 1.62. The minimum Gasteiger partial charge on any atom is -0.496 e. The van der Waals surface area contributed by atoms with Gasteiger partial charge >= 0.3 is 0 Å². The number of anilines is 1. The Hall–Kier alpha value is -2.80. The lowest BCUT2D eigenvalue weighted by molar-refractivity contribution is 0.101. The molecule has 1 fully saturated rings. The zero-order valence-corrected chi connectivity index (χ0v) is 18.1. The summed E-state index contributed by atoms with van der Waals surface area (Å²) in [7, 11) is 1.56. The van der Waals surface area contributed by atoms with Crippen LogP contribution in [0.3, 0.4) is 0 Å². The summed E-state index contributed by atoms with van der Waals surface area (Å²) in [6, 6.07) is 10.5. The standard InChI is InChI=1S/C24H29FN2O4/c1-17(28)21-6-5-20(15-23(21)29-2)30-13-3-10-26-11-8-19(9-12-26)27-16-31-24-14-18(25)4-7-22(24)27/h4-7,14-15,19H,3,8-13,16H2,1-2H3. The molecule has 0 amide bonds. The Morgan fingerprint density at radius 1 is 1.19 bits per heavy atom. The van der Waals surface area contributed by atoms with Crippen molar-refractivity contribution < 1.29 is 23.4 Å². The van der Waals surface area contributed by atoms with Gasteiger partial charge in [-0.05, 0) is 50.5 Å². The topological polar surface area (TPSA) is 51.2 Å². The highest BCUT2D eigenvalue weighted by Gasteiger charge is 2.30. The summed E-state index contributed by atoms with van der Waals surface area (Å²) < 4.78 is 30.2. The van der Waals surface area contributed by atoms with Crippen LogP contribution in [0.4, 0.5) is 10.1 Å². The van der Waals surface area contributed by atoms with Crippen LogP contribution in [0.2, 0.25) is 0 Å². The fraction of sp³-hybridized carbons (Fsp3) is 0.458. The van der Waals surface area contributed by atoms with Gasteiger partial charge in [0.15, 0.2) is 12.5 Å². The first-order valence-corrected chi connectivity index (χ1v) is 10.8. The predicted octanol–water partition coefficient (Wildman–Crippen LogP) is 4.13. The number of benzene rings is 2. The van der Waals surface area contributed by atoms with Crippen LogP contribution >= 0.6 is 0 Å². The molecular formula is C24H29FN2O4. The van der Waals surface area contributed by atoms with Crippen LogP contribution in [0.25, 0.3) is 0 Å². The van der Waals surface area contributed by atoms with Gasteiger partial charge in [0.25, 0.3) is 0 Å². The number of hydrogen-bond donors (Lipinski definition) is 0. The van der Waals surface area contributed by atoms with Gasteiger partial charge in [0.2, 0.25) is 0 Å². The summed E-state index contributed by atoms with van der Waals surface area (Å²) in [5, 5.41) is 0. The number of fused-ring (bicyclic) bond motifs is 1. The lowest BCUT2D eigenvalue weighted by atomic mass is 10.0. The molecule has 0 N–H and O–H groups in total. The average Bonchev–Trinajstić information content (AvgIpc) is 3.19. The Morgan fingerprint density at radius 3 is 2.74 bits per heavy atom. The molecule has 31 heavy (non-hydrogen) atoms. The van der Waals surface area contributed by atoms with Crippen molar-refractivity contribution in [2.45, 2.75) is 32.2 Å². The molecule has 1 saturated heterocycles. The molecule has 0 aliphatic carbocycles. The van der Waals surface area contributed by atoms with E-state index in [0.29, 0.717) is 42.2 Å². The third-order valence-electron chi connectivity index (χ3n) is 6.03. The van der Waals surface area contributed by atoms with Crippen molar-refractivity contribution in [2.75, 3.05) is 45.0 Å². The minimum absolute atomic E-state index is 0.0250. The maximum absolute atomic E-state index is 13.4. The monoisotopic (exact) mass is 428 g/mol. The van der Waals surface area contributed by atoms with Gasteiger partial charge in [0.05, 0.1) is 25.0 Å². The Labute approximate surface area is 182 Å². The smallest absolute Gasteiger partial charge is 0.163 e. The number of rotatable bonds is 8. The number of halogens is 1. The van der Waals surface area contributed by atoms with Gasteiger partial charge in [-0.3, -0.25) is 4.79 Å². The second-order valence-electron chi connectivity index (χ2n) is 8.05. The van der Waals surface area contributed by atoms with Crippen molar-refractivity contribution in [3.05, 3.63) is 47.8 Å². The van der Waals surface area contributed by atoms with Crippen LogP contribution in [0.15, 0.2) is 36.4 Å². The van der Waals surface area contributed by atoms with Crippen LogP contribution in [0, 0.1) is 5.82 Å². The Kier molecular flexibility index (Phi) is 6.61. The van der Waals surface area contributed by atoms with Crippen molar-refractivity contribution in [3.63, 3.8) is 0 Å². The molecule has 2 aromatic carbocycles. The van der Waals surface area contributed by atoms with E-state index in [1.54, 1.807) is 19.2 Å². The van der Waals surface area contributed by atoms with Crippen LogP contribution < -0.4 is 19.1 Å². The van der Waals surface area contributed by atoms with E-state index in [1.807, 2.05) is 12.1 Å². The van der Waals surface area contributed by atoms with E-state index in [1.165, 1.54) is 19.1 Å². The number of hydrogen-bond acceptors (Lipinski definition) is 6. The summed E-state index contributed by atoms with van der Waals surface area (Å²) >= 11 is 0. The summed E-state index contributed by atoms with van der Waals surface area (Å²) in [4.78, 5) is 16.3. The van der Waals surface area contributed by atoms with E-state index in [9.17, 15) is 9.18 Å². The molecule has 0 spiro atoms. The molecule has 6 nitrogen and oxygen atoms in total. The largest absolute Gasteiger partial charge is 0.496 e. The highest BCUT2D eigenvalue weighted by atomic mass is 19.1. The highest BCUT2D eigenvalue weighted by Crippen LogP contribution is 2.37. The summed E-state index contributed by atoms with van der Waals surface area (Å²) in [5.41, 5.74) is 1.56. The van der Waals surface area contributed by atoms with Gasteiger partial charge < -0.3 is 24.0 Å².